The van der Waals surface area contributed by atoms with Gasteiger partial charge in [-0.2, -0.15) is 0 Å². The van der Waals surface area contributed by atoms with E-state index in [9.17, 15) is 34.5 Å². The molecule has 4 rings (SSSR count). The van der Waals surface area contributed by atoms with Gasteiger partial charge in [0, 0.05) is 18.7 Å². The Hall–Kier alpha value is -5.10. The SMILES string of the molecule is CCCCOC(=O)c1cccc(O)c1C(=O)c1c(O)cc(C(=O)O[C@H]2CNC[C@@H]2NC(=O)c2ccc(O)cc2)cc1OCCCC. The maximum absolute atomic E-state index is 13.9. The Morgan fingerprint density at radius 3 is 2.26 bits per heavy atom. The van der Waals surface area contributed by atoms with Crippen molar-refractivity contribution in [1.82, 2.24) is 10.6 Å². The second kappa shape index (κ2) is 15.8. The number of carbonyl (C=O) groups is 4. The molecule has 244 valence electrons. The Kier molecular flexibility index (Phi) is 11.6. The average molecular weight is 635 g/mol. The molecule has 3 aromatic carbocycles. The van der Waals surface area contributed by atoms with Crippen molar-refractivity contribution in [3.63, 3.8) is 0 Å². The number of aromatic hydroxyl groups is 3. The Balaban J connectivity index is 1.59. The number of rotatable bonds is 14. The number of hydrogen-bond acceptors (Lipinski definition) is 11. The lowest BCUT2D eigenvalue weighted by atomic mass is 9.95. The smallest absolute Gasteiger partial charge is 0.339 e. The standard InChI is InChI=1S/C34H38N2O10/c1-3-5-14-44-27-17-21(33(42)46-28-19-35-18-24(28)36-32(41)20-10-12-22(37)13-11-20)16-26(39)30(27)31(40)29-23(8-7-9-25(29)38)34(43)45-15-6-4-2/h7-13,16-17,24,28,35,37-39H,3-6,14-15,18-19H2,1-2H3,(H,36,41)/t24-,28-/m0/s1. The fourth-order valence-electron chi connectivity index (χ4n) is 4.84. The van der Waals surface area contributed by atoms with Crippen molar-refractivity contribution in [3.8, 4) is 23.0 Å². The zero-order chi connectivity index (χ0) is 33.2. The monoisotopic (exact) mass is 634 g/mol. The van der Waals surface area contributed by atoms with E-state index >= 15 is 0 Å². The molecule has 2 atom stereocenters. The Bertz CT molecular complexity index is 1570. The summed E-state index contributed by atoms with van der Waals surface area (Å²) in [5.41, 5.74) is -0.710. The average Bonchev–Trinajstić information content (AvgIpc) is 3.46. The van der Waals surface area contributed by atoms with Crippen LogP contribution in [0.4, 0.5) is 0 Å². The van der Waals surface area contributed by atoms with E-state index in [2.05, 4.69) is 10.6 Å². The number of ether oxygens (including phenoxy) is 3. The Morgan fingerprint density at radius 2 is 1.54 bits per heavy atom. The summed E-state index contributed by atoms with van der Waals surface area (Å²) in [5.74, 6) is -4.20. The molecular weight excluding hydrogens is 596 g/mol. The highest BCUT2D eigenvalue weighted by atomic mass is 16.5. The molecule has 1 amide bonds. The number of phenolic OH excluding ortho intramolecular Hbond substituents is 3. The first-order valence-electron chi connectivity index (χ1n) is 15.2. The van der Waals surface area contributed by atoms with Crippen LogP contribution in [-0.4, -0.2) is 77.4 Å². The molecule has 1 aliphatic heterocycles. The van der Waals surface area contributed by atoms with Crippen LogP contribution in [0.2, 0.25) is 0 Å². The molecule has 0 spiro atoms. The zero-order valence-electron chi connectivity index (χ0n) is 25.7. The zero-order valence-corrected chi connectivity index (χ0v) is 25.7. The van der Waals surface area contributed by atoms with Crippen molar-refractivity contribution in [2.24, 2.45) is 0 Å². The number of ketones is 1. The van der Waals surface area contributed by atoms with Crippen LogP contribution < -0.4 is 15.4 Å². The molecule has 1 saturated heterocycles. The Labute approximate surface area is 266 Å². The molecule has 5 N–H and O–H groups in total. The van der Waals surface area contributed by atoms with Crippen molar-refractivity contribution in [3.05, 3.63) is 82.4 Å². The first-order chi connectivity index (χ1) is 22.1. The summed E-state index contributed by atoms with van der Waals surface area (Å²) in [5, 5.41) is 37.1. The van der Waals surface area contributed by atoms with Gasteiger partial charge in [0.05, 0.1) is 35.9 Å². The number of esters is 2. The van der Waals surface area contributed by atoms with Gasteiger partial charge in [0.25, 0.3) is 5.91 Å². The van der Waals surface area contributed by atoms with E-state index in [-0.39, 0.29) is 53.5 Å². The molecule has 1 aliphatic rings. The molecule has 0 aromatic heterocycles. The first kappa shape index (κ1) is 33.8. The number of amides is 1. The third-order valence-electron chi connectivity index (χ3n) is 7.38. The summed E-state index contributed by atoms with van der Waals surface area (Å²) in [4.78, 5) is 52.7. The minimum Gasteiger partial charge on any atom is -0.508 e. The molecular formula is C34H38N2O10. The maximum atomic E-state index is 13.9. The van der Waals surface area contributed by atoms with Gasteiger partial charge in [-0.3, -0.25) is 9.59 Å². The van der Waals surface area contributed by atoms with Crippen molar-refractivity contribution in [2.75, 3.05) is 26.3 Å². The molecule has 1 fully saturated rings. The second-order valence-corrected chi connectivity index (χ2v) is 10.8. The van der Waals surface area contributed by atoms with Gasteiger partial charge in [0.15, 0.2) is 0 Å². The predicted molar refractivity (Wildman–Crippen MR) is 167 cm³/mol. The van der Waals surface area contributed by atoms with E-state index in [1.54, 1.807) is 0 Å². The van der Waals surface area contributed by atoms with Gasteiger partial charge in [-0.05, 0) is 61.4 Å². The molecule has 0 unspecified atom stereocenters. The van der Waals surface area contributed by atoms with Gasteiger partial charge in [0.1, 0.15) is 34.7 Å². The number of carbonyl (C=O) groups excluding carboxylic acids is 4. The highest BCUT2D eigenvalue weighted by Crippen LogP contribution is 2.36. The number of unbranched alkanes of at least 4 members (excludes halogenated alkanes) is 2. The van der Waals surface area contributed by atoms with Crippen LogP contribution in [0.25, 0.3) is 0 Å². The minimum atomic E-state index is -0.901. The number of nitrogens with one attached hydrogen (secondary N) is 2. The van der Waals surface area contributed by atoms with Crippen LogP contribution in [0.5, 0.6) is 23.0 Å². The molecule has 0 aliphatic carbocycles. The minimum absolute atomic E-state index is 0.0193. The summed E-state index contributed by atoms with van der Waals surface area (Å²) >= 11 is 0. The fraction of sp³-hybridized carbons (Fsp3) is 0.353. The summed E-state index contributed by atoms with van der Waals surface area (Å²) in [6.07, 6.45) is 2.00. The number of phenols is 3. The molecule has 3 aromatic rings. The van der Waals surface area contributed by atoms with Crippen LogP contribution in [0.3, 0.4) is 0 Å². The predicted octanol–water partition coefficient (Wildman–Crippen LogP) is 4.10. The van der Waals surface area contributed by atoms with E-state index in [1.807, 2.05) is 13.8 Å². The normalized spacial score (nSPS) is 15.6. The number of benzene rings is 3. The topological polar surface area (TPSA) is 181 Å². The summed E-state index contributed by atoms with van der Waals surface area (Å²) in [7, 11) is 0. The molecule has 46 heavy (non-hydrogen) atoms. The molecule has 1 heterocycles. The number of hydrogen-bond donors (Lipinski definition) is 5. The van der Waals surface area contributed by atoms with Gasteiger partial charge in [0.2, 0.25) is 5.78 Å². The van der Waals surface area contributed by atoms with Crippen molar-refractivity contribution in [2.45, 2.75) is 51.7 Å². The molecule has 0 bridgehead atoms. The third kappa shape index (κ3) is 8.13. The molecule has 12 heteroatoms. The van der Waals surface area contributed by atoms with Crippen molar-refractivity contribution in [1.29, 1.82) is 0 Å². The van der Waals surface area contributed by atoms with E-state index in [0.717, 1.165) is 18.9 Å². The lowest BCUT2D eigenvalue weighted by Crippen LogP contribution is -2.44. The summed E-state index contributed by atoms with van der Waals surface area (Å²) in [6.45, 7) is 4.73. The summed E-state index contributed by atoms with van der Waals surface area (Å²) < 4.78 is 16.8. The second-order valence-electron chi connectivity index (χ2n) is 10.8. The van der Waals surface area contributed by atoms with Crippen molar-refractivity contribution >= 4 is 23.6 Å². The van der Waals surface area contributed by atoms with Crippen LogP contribution in [0, 0.1) is 0 Å². The van der Waals surface area contributed by atoms with Crippen molar-refractivity contribution < 1.29 is 48.7 Å². The van der Waals surface area contributed by atoms with Gasteiger partial charge < -0.3 is 40.2 Å². The third-order valence-corrected chi connectivity index (χ3v) is 7.38. The lowest BCUT2D eigenvalue weighted by Gasteiger charge is -2.21. The van der Waals surface area contributed by atoms with Crippen LogP contribution >= 0.6 is 0 Å². The molecule has 0 saturated carbocycles. The Morgan fingerprint density at radius 1 is 0.826 bits per heavy atom. The van der Waals surface area contributed by atoms with Crippen LogP contribution in [0.15, 0.2) is 54.6 Å². The van der Waals surface area contributed by atoms with E-state index in [4.69, 9.17) is 14.2 Å². The van der Waals surface area contributed by atoms with Gasteiger partial charge >= 0.3 is 11.9 Å². The maximum Gasteiger partial charge on any atom is 0.339 e. The molecule has 0 radical (unpaired) electrons. The van der Waals surface area contributed by atoms with E-state index in [1.165, 1.54) is 48.5 Å². The van der Waals surface area contributed by atoms with Gasteiger partial charge in [-0.25, -0.2) is 9.59 Å². The highest BCUT2D eigenvalue weighted by molar-refractivity contribution is 6.18. The fourth-order valence-corrected chi connectivity index (χ4v) is 4.84. The van der Waals surface area contributed by atoms with Gasteiger partial charge in [-0.15, -0.1) is 0 Å². The molecule has 12 nitrogen and oxygen atoms in total. The van der Waals surface area contributed by atoms with E-state index < -0.39 is 47.3 Å². The quantitative estimate of drug-likeness (QED) is 0.0979. The first-order valence-corrected chi connectivity index (χ1v) is 15.2. The van der Waals surface area contributed by atoms with Crippen LogP contribution in [0.1, 0.15) is 86.5 Å². The summed E-state index contributed by atoms with van der Waals surface area (Å²) in [6, 6.07) is 11.4. The highest BCUT2D eigenvalue weighted by Gasteiger charge is 2.34. The lowest BCUT2D eigenvalue weighted by molar-refractivity contribution is 0.0282. The van der Waals surface area contributed by atoms with Crippen LogP contribution in [-0.2, 0) is 9.47 Å². The largest absolute Gasteiger partial charge is 0.508 e. The van der Waals surface area contributed by atoms with E-state index in [0.29, 0.717) is 24.9 Å². The van der Waals surface area contributed by atoms with Gasteiger partial charge in [-0.1, -0.05) is 32.8 Å².